The van der Waals surface area contributed by atoms with E-state index in [1.807, 2.05) is 0 Å². The van der Waals surface area contributed by atoms with Gasteiger partial charge < -0.3 is 9.84 Å². The molecule has 1 unspecified atom stereocenters. The van der Waals surface area contributed by atoms with E-state index in [1.54, 1.807) is 31.2 Å². The monoisotopic (exact) mass is 608 g/mol. The summed E-state index contributed by atoms with van der Waals surface area (Å²) in [6, 6.07) is 10.6. The number of halogens is 4. The fourth-order valence-electron chi connectivity index (χ4n) is 4.26. The van der Waals surface area contributed by atoms with Crippen LogP contribution in [0.1, 0.15) is 47.7 Å². The zero-order chi connectivity index (χ0) is 27.9. The van der Waals surface area contributed by atoms with Crippen molar-refractivity contribution in [3.8, 4) is 11.5 Å². The van der Waals surface area contributed by atoms with Gasteiger partial charge in [-0.1, -0.05) is 46.0 Å². The normalized spacial score (nSPS) is 14.8. The van der Waals surface area contributed by atoms with Crippen LogP contribution >= 0.6 is 34.8 Å². The molecule has 1 amide bonds. The molecule has 0 spiro atoms. The first-order chi connectivity index (χ1) is 18.6. The van der Waals surface area contributed by atoms with Crippen LogP contribution in [0.4, 0.5) is 10.1 Å². The molecular formula is C26H20Cl3FN4O4S. The first-order valence-corrected chi connectivity index (χ1v) is 14.1. The molecular weight excluding hydrogens is 590 g/mol. The number of nitrogens with zero attached hydrogens (tertiary/aromatic N) is 3. The molecule has 0 saturated heterocycles. The molecule has 0 bridgehead atoms. The topological polar surface area (TPSA) is 115 Å². The summed E-state index contributed by atoms with van der Waals surface area (Å²) >= 11 is 19.2. The molecule has 0 aliphatic heterocycles. The maximum Gasteiger partial charge on any atom is 0.258 e. The van der Waals surface area contributed by atoms with E-state index in [-0.39, 0.29) is 23.2 Å². The molecule has 2 heterocycles. The van der Waals surface area contributed by atoms with Crippen molar-refractivity contribution < 1.29 is 22.1 Å². The maximum absolute atomic E-state index is 13.5. The van der Waals surface area contributed by atoms with E-state index < -0.39 is 27.2 Å². The third-order valence-corrected chi connectivity index (χ3v) is 8.38. The molecule has 2 aromatic carbocycles. The number of pyridine rings is 1. The highest BCUT2D eigenvalue weighted by Crippen LogP contribution is 2.57. The predicted octanol–water partition coefficient (Wildman–Crippen LogP) is 6.16. The van der Waals surface area contributed by atoms with Crippen molar-refractivity contribution in [1.29, 1.82) is 0 Å². The Morgan fingerprint density at radius 2 is 1.82 bits per heavy atom. The summed E-state index contributed by atoms with van der Waals surface area (Å²) in [5, 5.41) is 6.83. The Bertz CT molecular complexity index is 1620. The molecule has 1 N–H and O–H groups in total. The van der Waals surface area contributed by atoms with E-state index in [1.165, 1.54) is 24.4 Å². The van der Waals surface area contributed by atoms with Gasteiger partial charge in [-0.2, -0.15) is 4.98 Å². The van der Waals surface area contributed by atoms with Crippen LogP contribution in [0.25, 0.3) is 11.5 Å². The van der Waals surface area contributed by atoms with Gasteiger partial charge in [-0.3, -0.25) is 9.78 Å². The number of anilines is 1. The molecule has 13 heteroatoms. The average Bonchev–Trinajstić information content (AvgIpc) is 3.51. The Morgan fingerprint density at radius 1 is 1.10 bits per heavy atom. The molecule has 0 radical (unpaired) electrons. The van der Waals surface area contributed by atoms with Gasteiger partial charge in [0.1, 0.15) is 16.5 Å². The molecule has 8 nitrogen and oxygen atoms in total. The second-order valence-corrected chi connectivity index (χ2v) is 11.8. The summed E-state index contributed by atoms with van der Waals surface area (Å²) in [6.07, 6.45) is 2.78. The van der Waals surface area contributed by atoms with Gasteiger partial charge in [0.2, 0.25) is 5.91 Å². The molecule has 2 aromatic heterocycles. The van der Waals surface area contributed by atoms with Gasteiger partial charge in [-0.25, -0.2) is 12.8 Å². The van der Waals surface area contributed by atoms with Crippen LogP contribution in [0.5, 0.6) is 0 Å². The number of carbonyl (C=O) groups is 1. The number of carbonyl (C=O) groups excluding carboxylic acids is 1. The Balaban J connectivity index is 1.32. The van der Waals surface area contributed by atoms with Gasteiger partial charge in [0.25, 0.3) is 5.89 Å². The van der Waals surface area contributed by atoms with Crippen molar-refractivity contribution in [1.82, 2.24) is 15.1 Å². The number of rotatable bonds is 8. The molecule has 5 rings (SSSR count). The van der Waals surface area contributed by atoms with Gasteiger partial charge in [0.15, 0.2) is 5.82 Å². The van der Waals surface area contributed by atoms with Crippen molar-refractivity contribution >= 4 is 57.1 Å². The van der Waals surface area contributed by atoms with Gasteiger partial charge >= 0.3 is 0 Å². The lowest BCUT2D eigenvalue weighted by molar-refractivity contribution is -0.115. The molecule has 1 aliphatic carbocycles. The molecule has 1 saturated carbocycles. The summed E-state index contributed by atoms with van der Waals surface area (Å²) in [6.45, 7) is 1.57. The van der Waals surface area contributed by atoms with Crippen molar-refractivity contribution in [3.63, 3.8) is 0 Å². The SMILES string of the molecule is CC(c1ccc(CC(=O)Nc2cc(Cl)c(C3(c4noc(-c5ccc(F)c(Cl)c5)n4)CC3)c(Cl)c2)nc1)[SH](=O)=O. The second kappa shape index (κ2) is 10.8. The van der Waals surface area contributed by atoms with E-state index >= 15 is 0 Å². The number of hydrogen-bond acceptors (Lipinski definition) is 7. The fourth-order valence-corrected chi connectivity index (χ4v) is 5.68. The number of nitrogens with one attached hydrogen (secondary N) is 1. The summed E-state index contributed by atoms with van der Waals surface area (Å²) < 4.78 is 41.3. The summed E-state index contributed by atoms with van der Waals surface area (Å²) in [5.74, 6) is -0.320. The Morgan fingerprint density at radius 3 is 2.41 bits per heavy atom. The van der Waals surface area contributed by atoms with Crippen LogP contribution in [-0.2, 0) is 27.3 Å². The van der Waals surface area contributed by atoms with E-state index in [0.717, 1.165) is 0 Å². The van der Waals surface area contributed by atoms with Gasteiger partial charge in [0, 0.05) is 38.8 Å². The highest BCUT2D eigenvalue weighted by Gasteiger charge is 2.52. The summed E-state index contributed by atoms with van der Waals surface area (Å²) in [4.78, 5) is 21.3. The van der Waals surface area contributed by atoms with E-state index in [4.69, 9.17) is 39.3 Å². The highest BCUT2D eigenvalue weighted by atomic mass is 35.5. The number of thiol groups is 1. The molecule has 202 valence electrons. The molecule has 1 atom stereocenters. The minimum atomic E-state index is -2.61. The Labute approximate surface area is 239 Å². The smallest absolute Gasteiger partial charge is 0.258 e. The second-order valence-electron chi connectivity index (χ2n) is 9.22. The maximum atomic E-state index is 13.5. The standard InChI is InChI=1S/C26H20Cl3FN4O4S/c1-13(39(36)37)15-2-4-16(31-12-15)11-22(35)32-17-9-19(28)23(20(29)10-17)26(6-7-26)25-33-24(38-34-25)14-3-5-21(30)18(27)8-14/h2-5,8-10,12-13,39H,6-7,11H2,1H3,(H,32,35). The first-order valence-electron chi connectivity index (χ1n) is 11.7. The van der Waals surface area contributed by atoms with Crippen molar-refractivity contribution in [2.45, 2.75) is 36.9 Å². The van der Waals surface area contributed by atoms with Crippen LogP contribution in [0, 0.1) is 5.82 Å². The summed E-state index contributed by atoms with van der Waals surface area (Å²) in [7, 11) is -2.61. The van der Waals surface area contributed by atoms with Crippen LogP contribution in [0.15, 0.2) is 53.2 Å². The van der Waals surface area contributed by atoms with E-state index in [9.17, 15) is 17.6 Å². The van der Waals surface area contributed by atoms with E-state index in [0.29, 0.717) is 56.8 Å². The van der Waals surface area contributed by atoms with E-state index in [2.05, 4.69) is 20.4 Å². The minimum Gasteiger partial charge on any atom is -0.334 e. The Hall–Kier alpha value is -3.05. The lowest BCUT2D eigenvalue weighted by Crippen LogP contribution is -2.16. The quantitative estimate of drug-likeness (QED) is 0.230. The van der Waals surface area contributed by atoms with Crippen LogP contribution in [-0.4, -0.2) is 29.4 Å². The number of benzene rings is 2. The fraction of sp³-hybridized carbons (Fsp3) is 0.231. The largest absolute Gasteiger partial charge is 0.334 e. The van der Waals surface area contributed by atoms with Crippen LogP contribution in [0.3, 0.4) is 0 Å². The van der Waals surface area contributed by atoms with Crippen molar-refractivity contribution in [2.24, 2.45) is 0 Å². The number of hydrogen-bond donors (Lipinski definition) is 2. The van der Waals surface area contributed by atoms with Gasteiger partial charge in [0.05, 0.1) is 22.1 Å². The van der Waals surface area contributed by atoms with Gasteiger partial charge in [-0.15, -0.1) is 0 Å². The first kappa shape index (κ1) is 27.5. The zero-order valence-corrected chi connectivity index (χ0v) is 23.4. The molecule has 1 fully saturated rings. The molecule has 4 aromatic rings. The third-order valence-electron chi connectivity index (χ3n) is 6.56. The highest BCUT2D eigenvalue weighted by molar-refractivity contribution is 7.72. The average molecular weight is 610 g/mol. The lowest BCUT2D eigenvalue weighted by atomic mass is 9.94. The third kappa shape index (κ3) is 5.65. The van der Waals surface area contributed by atoms with Crippen molar-refractivity contribution in [2.75, 3.05) is 5.32 Å². The zero-order valence-electron chi connectivity index (χ0n) is 20.3. The summed E-state index contributed by atoms with van der Waals surface area (Å²) in [5.41, 5.74) is 1.87. The lowest BCUT2D eigenvalue weighted by Gasteiger charge is -2.17. The van der Waals surface area contributed by atoms with Gasteiger partial charge in [-0.05, 0) is 61.7 Å². The minimum absolute atomic E-state index is 0.0296. The predicted molar refractivity (Wildman–Crippen MR) is 146 cm³/mol. The number of amides is 1. The molecule has 39 heavy (non-hydrogen) atoms. The number of aromatic nitrogens is 3. The molecule has 1 aliphatic rings. The van der Waals surface area contributed by atoms with Crippen molar-refractivity contribution in [3.05, 3.63) is 92.2 Å². The Kier molecular flexibility index (Phi) is 7.65. The van der Waals surface area contributed by atoms with Crippen LogP contribution in [0.2, 0.25) is 15.1 Å². The van der Waals surface area contributed by atoms with Crippen LogP contribution < -0.4 is 5.32 Å².